The largest absolute Gasteiger partial charge is 0.465 e. The number of nitrogens with zero attached hydrogens (tertiary/aromatic N) is 1. The molecule has 0 spiro atoms. The average molecular weight is 292 g/mol. The van der Waals surface area contributed by atoms with E-state index < -0.39 is 10.9 Å². The number of hydrogen-bond acceptors (Lipinski definition) is 5. The predicted octanol–water partition coefficient (Wildman–Crippen LogP) is 3.37. The molecule has 0 amide bonds. The second-order valence-corrected chi connectivity index (χ2v) is 5.49. The lowest BCUT2D eigenvalue weighted by Crippen LogP contribution is -2.31. The molecule has 1 aromatic rings. The van der Waals surface area contributed by atoms with Gasteiger partial charge < -0.3 is 10.1 Å². The molecule has 0 aliphatic heterocycles. The molecule has 0 saturated heterocycles. The number of esters is 1. The SMILES string of the molecule is COC(=O)c1cc([N+](=O)[O-])ccc1N[C@H]1CCCC[C@H]1C. The maximum absolute atomic E-state index is 11.8. The number of nitro benzene ring substituents is 1. The molecule has 1 fully saturated rings. The van der Waals surface area contributed by atoms with Crippen LogP contribution in [0.25, 0.3) is 0 Å². The van der Waals surface area contributed by atoms with E-state index in [1.165, 1.54) is 25.7 Å². The Morgan fingerprint density at radius 1 is 1.38 bits per heavy atom. The Kier molecular flexibility index (Phi) is 4.77. The summed E-state index contributed by atoms with van der Waals surface area (Å²) >= 11 is 0. The molecular weight excluding hydrogens is 272 g/mol. The highest BCUT2D eigenvalue weighted by Gasteiger charge is 2.24. The van der Waals surface area contributed by atoms with Gasteiger partial charge in [0.15, 0.2) is 0 Å². The molecule has 1 aromatic carbocycles. The first-order valence-corrected chi connectivity index (χ1v) is 7.16. The van der Waals surface area contributed by atoms with E-state index in [1.54, 1.807) is 6.07 Å². The van der Waals surface area contributed by atoms with Crippen LogP contribution >= 0.6 is 0 Å². The van der Waals surface area contributed by atoms with Crippen molar-refractivity contribution in [2.45, 2.75) is 38.6 Å². The summed E-state index contributed by atoms with van der Waals surface area (Å²) in [5, 5.41) is 14.2. The number of methoxy groups -OCH3 is 1. The number of rotatable bonds is 4. The Morgan fingerprint density at radius 2 is 2.10 bits per heavy atom. The highest BCUT2D eigenvalue weighted by atomic mass is 16.6. The van der Waals surface area contributed by atoms with Crippen LogP contribution in [0.5, 0.6) is 0 Å². The fourth-order valence-electron chi connectivity index (χ4n) is 2.78. The smallest absolute Gasteiger partial charge is 0.340 e. The van der Waals surface area contributed by atoms with Crippen LogP contribution in [0.1, 0.15) is 43.0 Å². The summed E-state index contributed by atoms with van der Waals surface area (Å²) in [6.07, 6.45) is 4.57. The Hall–Kier alpha value is -2.11. The van der Waals surface area contributed by atoms with Crippen LogP contribution in [0.2, 0.25) is 0 Å². The normalized spacial score (nSPS) is 21.6. The molecule has 2 atom stereocenters. The summed E-state index contributed by atoms with van der Waals surface area (Å²) in [5.74, 6) is -0.0518. The third-order valence-electron chi connectivity index (χ3n) is 4.07. The van der Waals surface area contributed by atoms with E-state index in [2.05, 4.69) is 12.2 Å². The van der Waals surface area contributed by atoms with Crippen LogP contribution in [0.3, 0.4) is 0 Å². The zero-order valence-electron chi connectivity index (χ0n) is 12.3. The van der Waals surface area contributed by atoms with Crippen molar-refractivity contribution in [1.82, 2.24) is 0 Å². The van der Waals surface area contributed by atoms with Crippen molar-refractivity contribution in [3.8, 4) is 0 Å². The molecule has 0 radical (unpaired) electrons. The third-order valence-corrected chi connectivity index (χ3v) is 4.07. The van der Waals surface area contributed by atoms with Gasteiger partial charge in [0.2, 0.25) is 0 Å². The molecule has 6 nitrogen and oxygen atoms in total. The Balaban J connectivity index is 2.29. The maximum atomic E-state index is 11.8. The average Bonchev–Trinajstić information content (AvgIpc) is 2.49. The number of ether oxygens (including phenoxy) is 1. The van der Waals surface area contributed by atoms with Crippen molar-refractivity contribution in [2.75, 3.05) is 12.4 Å². The molecule has 0 bridgehead atoms. The van der Waals surface area contributed by atoms with Crippen LogP contribution in [0.15, 0.2) is 18.2 Å². The molecule has 1 saturated carbocycles. The zero-order chi connectivity index (χ0) is 15.4. The first-order chi connectivity index (χ1) is 10.0. The highest BCUT2D eigenvalue weighted by molar-refractivity contribution is 5.96. The minimum absolute atomic E-state index is 0.113. The number of anilines is 1. The minimum Gasteiger partial charge on any atom is -0.465 e. The number of non-ortho nitro benzene ring substituents is 1. The first kappa shape index (κ1) is 15.3. The second-order valence-electron chi connectivity index (χ2n) is 5.49. The van der Waals surface area contributed by atoms with Gasteiger partial charge in [0.05, 0.1) is 17.6 Å². The van der Waals surface area contributed by atoms with Gasteiger partial charge in [0, 0.05) is 23.9 Å². The topological polar surface area (TPSA) is 81.5 Å². The summed E-state index contributed by atoms with van der Waals surface area (Å²) < 4.78 is 4.73. The number of nitrogens with one attached hydrogen (secondary N) is 1. The van der Waals surface area contributed by atoms with Gasteiger partial charge in [-0.25, -0.2) is 4.79 Å². The molecule has 0 unspecified atom stereocenters. The zero-order valence-corrected chi connectivity index (χ0v) is 12.3. The van der Waals surface area contributed by atoms with Crippen LogP contribution in [0, 0.1) is 16.0 Å². The van der Waals surface area contributed by atoms with E-state index in [0.29, 0.717) is 11.6 Å². The number of hydrogen-bond donors (Lipinski definition) is 1. The lowest BCUT2D eigenvalue weighted by molar-refractivity contribution is -0.384. The van der Waals surface area contributed by atoms with Crippen molar-refractivity contribution < 1.29 is 14.5 Å². The predicted molar refractivity (Wildman–Crippen MR) is 79.5 cm³/mol. The second kappa shape index (κ2) is 6.56. The van der Waals surface area contributed by atoms with E-state index in [9.17, 15) is 14.9 Å². The molecule has 2 rings (SSSR count). The molecule has 114 valence electrons. The van der Waals surface area contributed by atoms with Gasteiger partial charge in [-0.3, -0.25) is 10.1 Å². The van der Waals surface area contributed by atoms with Gasteiger partial charge in [-0.05, 0) is 24.8 Å². The van der Waals surface area contributed by atoms with E-state index in [-0.39, 0.29) is 17.3 Å². The van der Waals surface area contributed by atoms with Crippen molar-refractivity contribution in [3.05, 3.63) is 33.9 Å². The van der Waals surface area contributed by atoms with Crippen LogP contribution in [-0.4, -0.2) is 24.0 Å². The van der Waals surface area contributed by atoms with E-state index in [4.69, 9.17) is 4.74 Å². The fourth-order valence-corrected chi connectivity index (χ4v) is 2.78. The lowest BCUT2D eigenvalue weighted by atomic mass is 9.85. The summed E-state index contributed by atoms with van der Waals surface area (Å²) in [7, 11) is 1.27. The minimum atomic E-state index is -0.565. The van der Waals surface area contributed by atoms with Gasteiger partial charge in [0.25, 0.3) is 5.69 Å². The monoisotopic (exact) mass is 292 g/mol. The van der Waals surface area contributed by atoms with Crippen molar-refractivity contribution in [1.29, 1.82) is 0 Å². The van der Waals surface area contributed by atoms with Gasteiger partial charge in [-0.15, -0.1) is 0 Å². The van der Waals surface area contributed by atoms with Crippen LogP contribution < -0.4 is 5.32 Å². The van der Waals surface area contributed by atoms with Crippen molar-refractivity contribution >= 4 is 17.3 Å². The van der Waals surface area contributed by atoms with Crippen LogP contribution in [0.4, 0.5) is 11.4 Å². The summed E-state index contributed by atoms with van der Waals surface area (Å²) in [4.78, 5) is 22.2. The number of benzene rings is 1. The molecule has 21 heavy (non-hydrogen) atoms. The standard InChI is InChI=1S/C15H20N2O4/c1-10-5-3-4-6-13(10)16-14-8-7-11(17(19)20)9-12(14)15(18)21-2/h7-10,13,16H,3-6H2,1-2H3/t10-,13+/m1/s1. The highest BCUT2D eigenvalue weighted by Crippen LogP contribution is 2.29. The molecule has 1 aliphatic carbocycles. The molecule has 1 aliphatic rings. The van der Waals surface area contributed by atoms with E-state index >= 15 is 0 Å². The quantitative estimate of drug-likeness (QED) is 0.522. The first-order valence-electron chi connectivity index (χ1n) is 7.16. The van der Waals surface area contributed by atoms with E-state index in [0.717, 1.165) is 19.3 Å². The lowest BCUT2D eigenvalue weighted by Gasteiger charge is -2.30. The summed E-state index contributed by atoms with van der Waals surface area (Å²) in [6, 6.07) is 4.54. The molecule has 1 N–H and O–H groups in total. The third kappa shape index (κ3) is 3.51. The van der Waals surface area contributed by atoms with Gasteiger partial charge >= 0.3 is 5.97 Å². The number of carbonyl (C=O) groups is 1. The van der Waals surface area contributed by atoms with E-state index in [1.807, 2.05) is 0 Å². The Labute approximate surface area is 123 Å². The molecule has 0 heterocycles. The molecular formula is C15H20N2O4. The summed E-state index contributed by atoms with van der Waals surface area (Å²) in [5.41, 5.74) is 0.702. The van der Waals surface area contributed by atoms with Gasteiger partial charge in [0.1, 0.15) is 0 Å². The van der Waals surface area contributed by atoms with Crippen LogP contribution in [-0.2, 0) is 4.74 Å². The number of carbonyl (C=O) groups excluding carboxylic acids is 1. The number of nitro groups is 1. The summed E-state index contributed by atoms with van der Waals surface area (Å²) in [6.45, 7) is 2.18. The van der Waals surface area contributed by atoms with Gasteiger partial charge in [-0.2, -0.15) is 0 Å². The fraction of sp³-hybridized carbons (Fsp3) is 0.533. The van der Waals surface area contributed by atoms with Crippen molar-refractivity contribution in [2.24, 2.45) is 5.92 Å². The molecule has 0 aromatic heterocycles. The maximum Gasteiger partial charge on any atom is 0.340 e. The van der Waals surface area contributed by atoms with Crippen molar-refractivity contribution in [3.63, 3.8) is 0 Å². The van der Waals surface area contributed by atoms with Gasteiger partial charge in [-0.1, -0.05) is 19.8 Å². The molecule has 6 heteroatoms. The Morgan fingerprint density at radius 3 is 2.71 bits per heavy atom. The Bertz CT molecular complexity index is 544.